The van der Waals surface area contributed by atoms with Gasteiger partial charge in [0.25, 0.3) is 0 Å². The van der Waals surface area contributed by atoms with Gasteiger partial charge in [0, 0.05) is 0 Å². The highest BCUT2D eigenvalue weighted by Gasteiger charge is 2.19. The molecule has 1 saturated heterocycles. The van der Waals surface area contributed by atoms with Gasteiger partial charge >= 0.3 is 0 Å². The molecular formula is C22H30N2. The van der Waals surface area contributed by atoms with Crippen LogP contribution >= 0.6 is 0 Å². The summed E-state index contributed by atoms with van der Waals surface area (Å²) in [5.41, 5.74) is 2.70. The van der Waals surface area contributed by atoms with Crippen molar-refractivity contribution in [1.29, 1.82) is 0 Å². The van der Waals surface area contributed by atoms with Crippen molar-refractivity contribution in [2.24, 2.45) is 5.92 Å². The summed E-state index contributed by atoms with van der Waals surface area (Å²) in [5.74, 6) is 0.882. The molecule has 0 saturated carbocycles. The highest BCUT2D eigenvalue weighted by atomic mass is 15.1. The maximum atomic E-state index is 3.81. The lowest BCUT2D eigenvalue weighted by atomic mass is 9.93. The Morgan fingerprint density at radius 3 is 1.96 bits per heavy atom. The van der Waals surface area contributed by atoms with E-state index in [0.29, 0.717) is 6.04 Å². The van der Waals surface area contributed by atoms with E-state index in [1.807, 2.05) is 0 Å². The summed E-state index contributed by atoms with van der Waals surface area (Å²) in [6, 6.07) is 21.9. The molecule has 2 aromatic rings. The van der Waals surface area contributed by atoms with Crippen LogP contribution in [0.4, 0.5) is 0 Å². The van der Waals surface area contributed by atoms with Crippen LogP contribution in [0.1, 0.15) is 43.4 Å². The van der Waals surface area contributed by atoms with Gasteiger partial charge in [-0.05, 0) is 62.5 Å². The molecule has 24 heavy (non-hydrogen) atoms. The smallest absolute Gasteiger partial charge is 0.0576 e. The highest BCUT2D eigenvalue weighted by Crippen LogP contribution is 2.23. The van der Waals surface area contributed by atoms with Crippen molar-refractivity contribution < 1.29 is 0 Å². The fourth-order valence-electron chi connectivity index (χ4n) is 3.74. The lowest BCUT2D eigenvalue weighted by Gasteiger charge is -2.31. The van der Waals surface area contributed by atoms with Crippen molar-refractivity contribution >= 4 is 0 Å². The first-order valence-corrected chi connectivity index (χ1v) is 9.42. The van der Waals surface area contributed by atoms with E-state index in [1.54, 1.807) is 0 Å². The summed E-state index contributed by atoms with van der Waals surface area (Å²) >= 11 is 0. The maximum absolute atomic E-state index is 3.81. The number of likely N-dealkylation sites (tertiary alicyclic amines) is 1. The van der Waals surface area contributed by atoms with Gasteiger partial charge < -0.3 is 10.2 Å². The van der Waals surface area contributed by atoms with E-state index < -0.39 is 0 Å². The Labute approximate surface area is 146 Å². The molecule has 1 aliphatic rings. The predicted octanol–water partition coefficient (Wildman–Crippen LogP) is 4.49. The number of hydrogen-bond donors (Lipinski definition) is 1. The van der Waals surface area contributed by atoms with E-state index >= 15 is 0 Å². The van der Waals surface area contributed by atoms with Crippen molar-refractivity contribution in [2.75, 3.05) is 26.2 Å². The number of piperidine rings is 1. The Hall–Kier alpha value is -1.64. The second kappa shape index (κ2) is 9.00. The van der Waals surface area contributed by atoms with Crippen molar-refractivity contribution in [3.8, 4) is 0 Å². The minimum atomic E-state index is 0.295. The van der Waals surface area contributed by atoms with Gasteiger partial charge in [-0.25, -0.2) is 0 Å². The number of hydrogen-bond acceptors (Lipinski definition) is 2. The molecule has 2 nitrogen and oxygen atoms in total. The van der Waals surface area contributed by atoms with Gasteiger partial charge in [-0.3, -0.25) is 0 Å². The molecule has 0 amide bonds. The Balaban J connectivity index is 1.57. The molecular weight excluding hydrogens is 292 g/mol. The molecule has 2 aromatic carbocycles. The molecule has 0 atom stereocenters. The molecule has 1 fully saturated rings. The molecule has 0 aromatic heterocycles. The zero-order valence-corrected chi connectivity index (χ0v) is 14.8. The number of nitrogens with one attached hydrogen (secondary N) is 1. The van der Waals surface area contributed by atoms with Crippen LogP contribution in [0.2, 0.25) is 0 Å². The summed E-state index contributed by atoms with van der Waals surface area (Å²) in [5, 5.41) is 3.81. The molecule has 1 heterocycles. The molecule has 0 aliphatic carbocycles. The van der Waals surface area contributed by atoms with Gasteiger partial charge in [-0.15, -0.1) is 0 Å². The molecule has 1 N–H and O–H groups in total. The molecule has 128 valence electrons. The molecule has 0 spiro atoms. The number of rotatable bonds is 7. The van der Waals surface area contributed by atoms with Crippen LogP contribution in [-0.4, -0.2) is 31.1 Å². The molecule has 0 radical (unpaired) electrons. The van der Waals surface area contributed by atoms with Crippen molar-refractivity contribution in [3.63, 3.8) is 0 Å². The van der Waals surface area contributed by atoms with Crippen molar-refractivity contribution in [1.82, 2.24) is 10.2 Å². The van der Waals surface area contributed by atoms with Gasteiger partial charge in [-0.2, -0.15) is 0 Å². The standard InChI is InChI=1S/C22H30N2/c1-2-24-17-14-19(15-18-24)13-16-23-22(20-9-5-3-6-10-20)21-11-7-4-8-12-21/h3-12,19,22-23H,2,13-18H2,1H3. The first-order valence-electron chi connectivity index (χ1n) is 9.42. The Morgan fingerprint density at radius 2 is 1.46 bits per heavy atom. The minimum absolute atomic E-state index is 0.295. The van der Waals surface area contributed by atoms with E-state index in [-0.39, 0.29) is 0 Å². The number of benzene rings is 2. The second-order valence-electron chi connectivity index (χ2n) is 6.87. The van der Waals surface area contributed by atoms with E-state index in [9.17, 15) is 0 Å². The predicted molar refractivity (Wildman–Crippen MR) is 102 cm³/mol. The van der Waals surface area contributed by atoms with Gasteiger partial charge in [0.1, 0.15) is 0 Å². The van der Waals surface area contributed by atoms with Gasteiger partial charge in [-0.1, -0.05) is 67.6 Å². The fourth-order valence-corrected chi connectivity index (χ4v) is 3.74. The second-order valence-corrected chi connectivity index (χ2v) is 6.87. The van der Waals surface area contributed by atoms with Crippen molar-refractivity contribution in [2.45, 2.75) is 32.2 Å². The fraction of sp³-hybridized carbons (Fsp3) is 0.455. The highest BCUT2D eigenvalue weighted by molar-refractivity contribution is 5.31. The molecule has 0 bridgehead atoms. The molecule has 3 rings (SSSR count). The van der Waals surface area contributed by atoms with Gasteiger partial charge in [0.15, 0.2) is 0 Å². The Kier molecular flexibility index (Phi) is 6.45. The van der Waals surface area contributed by atoms with E-state index in [2.05, 4.69) is 77.8 Å². The molecule has 0 unspecified atom stereocenters. The minimum Gasteiger partial charge on any atom is -0.306 e. The summed E-state index contributed by atoms with van der Waals surface area (Å²) in [7, 11) is 0. The van der Waals surface area contributed by atoms with Crippen LogP contribution in [0.15, 0.2) is 60.7 Å². The van der Waals surface area contributed by atoms with E-state index in [0.717, 1.165) is 12.5 Å². The summed E-state index contributed by atoms with van der Waals surface area (Å²) in [4.78, 5) is 2.57. The third-order valence-corrected chi connectivity index (χ3v) is 5.32. The van der Waals surface area contributed by atoms with Gasteiger partial charge in [0.05, 0.1) is 6.04 Å². The van der Waals surface area contributed by atoms with Crippen molar-refractivity contribution in [3.05, 3.63) is 71.8 Å². The van der Waals surface area contributed by atoms with E-state index in [1.165, 1.54) is 50.0 Å². The normalized spacial score (nSPS) is 16.6. The third-order valence-electron chi connectivity index (χ3n) is 5.32. The average Bonchev–Trinajstić information content (AvgIpc) is 2.67. The number of nitrogens with zero attached hydrogens (tertiary/aromatic N) is 1. The van der Waals surface area contributed by atoms with Crippen LogP contribution in [0, 0.1) is 5.92 Å². The lowest BCUT2D eigenvalue weighted by molar-refractivity contribution is 0.186. The third kappa shape index (κ3) is 4.68. The lowest BCUT2D eigenvalue weighted by Crippen LogP contribution is -2.34. The topological polar surface area (TPSA) is 15.3 Å². The zero-order chi connectivity index (χ0) is 16.6. The van der Waals surface area contributed by atoms with Crippen LogP contribution in [0.25, 0.3) is 0 Å². The van der Waals surface area contributed by atoms with Crippen LogP contribution < -0.4 is 5.32 Å². The zero-order valence-electron chi connectivity index (χ0n) is 14.8. The first-order chi connectivity index (χ1) is 11.9. The van der Waals surface area contributed by atoms with Crippen LogP contribution in [-0.2, 0) is 0 Å². The summed E-state index contributed by atoms with van der Waals surface area (Å²) < 4.78 is 0. The SMILES string of the molecule is CCN1CCC(CCNC(c2ccccc2)c2ccccc2)CC1. The summed E-state index contributed by atoms with van der Waals surface area (Å²) in [6.07, 6.45) is 4.00. The van der Waals surface area contributed by atoms with Gasteiger partial charge in [0.2, 0.25) is 0 Å². The Bertz CT molecular complexity index is 534. The van der Waals surface area contributed by atoms with Crippen LogP contribution in [0.5, 0.6) is 0 Å². The largest absolute Gasteiger partial charge is 0.306 e. The monoisotopic (exact) mass is 322 g/mol. The first kappa shape index (κ1) is 17.2. The van der Waals surface area contributed by atoms with Crippen LogP contribution in [0.3, 0.4) is 0 Å². The quantitative estimate of drug-likeness (QED) is 0.808. The average molecular weight is 322 g/mol. The molecule has 1 aliphatic heterocycles. The maximum Gasteiger partial charge on any atom is 0.0576 e. The van der Waals surface area contributed by atoms with E-state index in [4.69, 9.17) is 0 Å². The Morgan fingerprint density at radius 1 is 0.917 bits per heavy atom. The summed E-state index contributed by atoms with van der Waals surface area (Å²) in [6.45, 7) is 7.12. The molecule has 2 heteroatoms.